The van der Waals surface area contributed by atoms with Crippen LogP contribution in [0.5, 0.6) is 5.75 Å². The molecule has 0 saturated heterocycles. The van der Waals surface area contributed by atoms with Gasteiger partial charge in [0.25, 0.3) is 0 Å². The van der Waals surface area contributed by atoms with Crippen molar-refractivity contribution in [2.75, 3.05) is 12.4 Å². The Labute approximate surface area is 120 Å². The van der Waals surface area contributed by atoms with E-state index in [2.05, 4.69) is 10.4 Å². The monoisotopic (exact) mass is 290 g/mol. The first-order valence-corrected chi connectivity index (χ1v) is 6.12. The Hall–Kier alpha value is -2.90. The van der Waals surface area contributed by atoms with Crippen molar-refractivity contribution < 1.29 is 14.5 Å². The Kier molecular flexibility index (Phi) is 4.17. The largest absolute Gasteiger partial charge is 0.497 e. The predicted molar refractivity (Wildman–Crippen MR) is 75.2 cm³/mol. The van der Waals surface area contributed by atoms with Crippen molar-refractivity contribution in [2.45, 2.75) is 13.5 Å². The van der Waals surface area contributed by atoms with Crippen molar-refractivity contribution in [3.8, 4) is 5.75 Å². The average Bonchev–Trinajstić information content (AvgIpc) is 2.80. The second-order valence-corrected chi connectivity index (χ2v) is 4.31. The van der Waals surface area contributed by atoms with Gasteiger partial charge >= 0.3 is 5.69 Å². The second kappa shape index (κ2) is 6.04. The summed E-state index contributed by atoms with van der Waals surface area (Å²) in [6.07, 6.45) is 1.13. The highest BCUT2D eigenvalue weighted by molar-refractivity contribution is 5.90. The summed E-state index contributed by atoms with van der Waals surface area (Å²) in [5.41, 5.74) is 0.809. The van der Waals surface area contributed by atoms with Crippen molar-refractivity contribution in [2.24, 2.45) is 0 Å². The van der Waals surface area contributed by atoms with E-state index < -0.39 is 4.92 Å². The molecule has 0 aliphatic carbocycles. The number of benzene rings is 1. The van der Waals surface area contributed by atoms with Crippen molar-refractivity contribution >= 4 is 17.3 Å². The number of nitrogens with one attached hydrogen (secondary N) is 1. The van der Waals surface area contributed by atoms with Crippen LogP contribution in [0.15, 0.2) is 30.5 Å². The maximum atomic E-state index is 11.9. The molecule has 0 fully saturated rings. The van der Waals surface area contributed by atoms with Crippen LogP contribution in [0.3, 0.4) is 0 Å². The number of nitro groups is 1. The number of methoxy groups -OCH3 is 1. The summed E-state index contributed by atoms with van der Waals surface area (Å²) < 4.78 is 6.35. The molecule has 2 rings (SSSR count). The lowest BCUT2D eigenvalue weighted by Crippen LogP contribution is -2.20. The van der Waals surface area contributed by atoms with Gasteiger partial charge in [-0.25, -0.2) is 0 Å². The number of rotatable bonds is 5. The highest BCUT2D eigenvalue weighted by atomic mass is 16.6. The topological polar surface area (TPSA) is 99.3 Å². The molecule has 8 nitrogen and oxygen atoms in total. The summed E-state index contributed by atoms with van der Waals surface area (Å²) in [6.45, 7) is 1.45. The van der Waals surface area contributed by atoms with E-state index in [0.717, 1.165) is 6.20 Å². The van der Waals surface area contributed by atoms with Crippen molar-refractivity contribution in [3.05, 3.63) is 46.3 Å². The van der Waals surface area contributed by atoms with Crippen LogP contribution >= 0.6 is 0 Å². The zero-order valence-corrected chi connectivity index (χ0v) is 11.6. The van der Waals surface area contributed by atoms with E-state index in [1.54, 1.807) is 31.2 Å². The third-order valence-electron chi connectivity index (χ3n) is 2.92. The molecular weight excluding hydrogens is 276 g/mol. The fourth-order valence-electron chi connectivity index (χ4n) is 1.81. The molecule has 0 saturated carbocycles. The number of hydrogen-bond acceptors (Lipinski definition) is 5. The molecule has 2 aromatic rings. The minimum Gasteiger partial charge on any atom is -0.497 e. The van der Waals surface area contributed by atoms with Gasteiger partial charge in [-0.3, -0.25) is 19.6 Å². The fraction of sp³-hybridized carbons (Fsp3) is 0.231. The Morgan fingerprint density at radius 1 is 1.52 bits per heavy atom. The number of anilines is 1. The molecule has 0 atom stereocenters. The van der Waals surface area contributed by atoms with Gasteiger partial charge in [-0.1, -0.05) is 6.07 Å². The van der Waals surface area contributed by atoms with Crippen LogP contribution in [0.4, 0.5) is 11.4 Å². The van der Waals surface area contributed by atoms with Crippen molar-refractivity contribution in [3.63, 3.8) is 0 Å². The van der Waals surface area contributed by atoms with Crippen LogP contribution in [-0.2, 0) is 11.3 Å². The molecule has 21 heavy (non-hydrogen) atoms. The highest BCUT2D eigenvalue weighted by Gasteiger charge is 2.17. The first-order chi connectivity index (χ1) is 10.0. The number of carbonyl (C=O) groups is 1. The number of amides is 1. The van der Waals surface area contributed by atoms with E-state index in [4.69, 9.17) is 4.74 Å². The summed E-state index contributed by atoms with van der Waals surface area (Å²) in [5, 5.41) is 17.2. The molecule has 1 N–H and O–H groups in total. The molecule has 110 valence electrons. The van der Waals surface area contributed by atoms with Gasteiger partial charge in [0, 0.05) is 11.8 Å². The van der Waals surface area contributed by atoms with Crippen LogP contribution in [0.2, 0.25) is 0 Å². The number of nitrogens with zero attached hydrogens (tertiary/aromatic N) is 3. The summed E-state index contributed by atoms with van der Waals surface area (Å²) in [5.74, 6) is 0.294. The minimum absolute atomic E-state index is 0.100. The lowest BCUT2D eigenvalue weighted by Gasteiger charge is -2.07. The molecule has 1 heterocycles. The molecule has 0 spiro atoms. The van der Waals surface area contributed by atoms with Crippen molar-refractivity contribution in [1.29, 1.82) is 0 Å². The van der Waals surface area contributed by atoms with E-state index >= 15 is 0 Å². The Morgan fingerprint density at radius 2 is 2.29 bits per heavy atom. The van der Waals surface area contributed by atoms with E-state index in [9.17, 15) is 14.9 Å². The summed E-state index contributed by atoms with van der Waals surface area (Å²) >= 11 is 0. The number of hydrogen-bond donors (Lipinski definition) is 1. The third kappa shape index (κ3) is 3.35. The summed E-state index contributed by atoms with van der Waals surface area (Å²) in [6, 6.07) is 6.91. The zero-order chi connectivity index (χ0) is 15.4. The van der Waals surface area contributed by atoms with Gasteiger partial charge in [-0.05, 0) is 19.1 Å². The fourth-order valence-corrected chi connectivity index (χ4v) is 1.81. The summed E-state index contributed by atoms with van der Waals surface area (Å²) in [7, 11) is 1.53. The first kappa shape index (κ1) is 14.5. The van der Waals surface area contributed by atoms with Crippen LogP contribution in [0.25, 0.3) is 0 Å². The lowest BCUT2D eigenvalue weighted by atomic mass is 10.3. The maximum absolute atomic E-state index is 11.9. The molecule has 0 bridgehead atoms. The normalized spacial score (nSPS) is 10.2. The Balaban J connectivity index is 2.06. The molecular formula is C13H14N4O4. The highest BCUT2D eigenvalue weighted by Crippen LogP contribution is 2.18. The van der Waals surface area contributed by atoms with Crippen molar-refractivity contribution in [1.82, 2.24) is 9.78 Å². The zero-order valence-electron chi connectivity index (χ0n) is 11.6. The average molecular weight is 290 g/mol. The van der Waals surface area contributed by atoms with E-state index in [0.29, 0.717) is 17.1 Å². The molecule has 0 unspecified atom stereocenters. The van der Waals surface area contributed by atoms with Crippen LogP contribution in [0.1, 0.15) is 5.69 Å². The van der Waals surface area contributed by atoms with Gasteiger partial charge in [0.2, 0.25) is 5.91 Å². The molecule has 1 aromatic heterocycles. The molecule has 8 heteroatoms. The number of carbonyl (C=O) groups excluding carboxylic acids is 1. The van der Waals surface area contributed by atoms with Gasteiger partial charge in [0.05, 0.1) is 12.0 Å². The Morgan fingerprint density at radius 3 is 2.90 bits per heavy atom. The van der Waals surface area contributed by atoms with Gasteiger partial charge in [-0.15, -0.1) is 0 Å². The molecule has 0 radical (unpaired) electrons. The second-order valence-electron chi connectivity index (χ2n) is 4.31. The minimum atomic E-state index is -0.529. The number of ether oxygens (including phenoxy) is 1. The third-order valence-corrected chi connectivity index (χ3v) is 2.92. The van der Waals surface area contributed by atoms with E-state index in [-0.39, 0.29) is 18.1 Å². The van der Waals surface area contributed by atoms with Gasteiger partial charge in [-0.2, -0.15) is 5.10 Å². The molecule has 0 aliphatic rings. The standard InChI is InChI=1S/C13H14N4O4/c1-9-12(17(19)20)7-14-16(9)8-13(18)15-10-4-3-5-11(6-10)21-2/h3-7H,8H2,1-2H3,(H,15,18). The Bertz CT molecular complexity index is 681. The molecule has 1 amide bonds. The van der Waals surface area contributed by atoms with Crippen LogP contribution in [0, 0.1) is 17.0 Å². The van der Waals surface area contributed by atoms with Gasteiger partial charge in [0.15, 0.2) is 0 Å². The lowest BCUT2D eigenvalue weighted by molar-refractivity contribution is -0.385. The van der Waals surface area contributed by atoms with Crippen LogP contribution < -0.4 is 10.1 Å². The predicted octanol–water partition coefficient (Wildman–Crippen LogP) is 1.75. The number of aromatic nitrogens is 2. The molecule has 1 aromatic carbocycles. The van der Waals surface area contributed by atoms with E-state index in [1.165, 1.54) is 11.8 Å². The quantitative estimate of drug-likeness (QED) is 0.668. The maximum Gasteiger partial charge on any atom is 0.309 e. The van der Waals surface area contributed by atoms with Crippen LogP contribution in [-0.4, -0.2) is 27.7 Å². The van der Waals surface area contributed by atoms with Gasteiger partial charge in [0.1, 0.15) is 24.2 Å². The first-order valence-electron chi connectivity index (χ1n) is 6.12. The summed E-state index contributed by atoms with van der Waals surface area (Å²) in [4.78, 5) is 22.1. The van der Waals surface area contributed by atoms with Gasteiger partial charge < -0.3 is 10.1 Å². The van der Waals surface area contributed by atoms with E-state index in [1.807, 2.05) is 0 Å². The SMILES string of the molecule is COc1cccc(NC(=O)Cn2ncc([N+](=O)[O-])c2C)c1. The molecule has 0 aliphatic heterocycles. The smallest absolute Gasteiger partial charge is 0.309 e.